The second-order valence-electron chi connectivity index (χ2n) is 7.66. The maximum absolute atomic E-state index is 12.7. The predicted molar refractivity (Wildman–Crippen MR) is 117 cm³/mol. The van der Waals surface area contributed by atoms with E-state index in [0.717, 1.165) is 22.3 Å². The van der Waals surface area contributed by atoms with Crippen LogP contribution in [0, 0.1) is 0 Å². The van der Waals surface area contributed by atoms with Gasteiger partial charge in [0.05, 0.1) is 18.9 Å². The first-order chi connectivity index (χ1) is 16.0. The van der Waals surface area contributed by atoms with Gasteiger partial charge in [-0.05, 0) is 18.6 Å². The first-order valence-corrected chi connectivity index (χ1v) is 10.7. The molecule has 174 valence electrons. The number of benzene rings is 1. The fraction of sp³-hybridized carbons (Fsp3) is 0.429. The van der Waals surface area contributed by atoms with E-state index < -0.39 is 17.2 Å². The lowest BCUT2D eigenvalue weighted by Gasteiger charge is -2.30. The van der Waals surface area contributed by atoms with Crippen molar-refractivity contribution in [1.29, 1.82) is 0 Å². The van der Waals surface area contributed by atoms with Gasteiger partial charge in [0.15, 0.2) is 5.69 Å². The van der Waals surface area contributed by atoms with Crippen molar-refractivity contribution in [1.82, 2.24) is 34.7 Å². The zero-order chi connectivity index (χ0) is 23.4. The number of para-hydroxylation sites is 1. The Kier molecular flexibility index (Phi) is 6.75. The third kappa shape index (κ3) is 4.91. The third-order valence-electron chi connectivity index (χ3n) is 5.42. The Morgan fingerprint density at radius 3 is 2.61 bits per heavy atom. The van der Waals surface area contributed by atoms with Gasteiger partial charge in [-0.25, -0.2) is 4.79 Å². The van der Waals surface area contributed by atoms with Gasteiger partial charge in [0.2, 0.25) is 5.82 Å². The zero-order valence-electron chi connectivity index (χ0n) is 18.4. The molecule has 2 aromatic heterocycles. The highest BCUT2D eigenvalue weighted by molar-refractivity contribution is 5.90. The van der Waals surface area contributed by atoms with Gasteiger partial charge in [0.1, 0.15) is 0 Å². The summed E-state index contributed by atoms with van der Waals surface area (Å²) in [5.74, 6) is -1.000. The minimum absolute atomic E-state index is 0.114. The highest BCUT2D eigenvalue weighted by atomic mass is 16.5. The Bertz CT molecular complexity index is 1230. The molecule has 12 nitrogen and oxygen atoms in total. The van der Waals surface area contributed by atoms with E-state index in [-0.39, 0.29) is 23.5 Å². The van der Waals surface area contributed by atoms with Crippen molar-refractivity contribution in [2.24, 2.45) is 7.05 Å². The maximum Gasteiger partial charge on any atom is 0.351 e. The molecule has 0 radical (unpaired) electrons. The highest BCUT2D eigenvalue weighted by Gasteiger charge is 2.24. The van der Waals surface area contributed by atoms with Crippen LogP contribution < -0.4 is 16.6 Å². The summed E-state index contributed by atoms with van der Waals surface area (Å²) in [6, 6.07) is 8.52. The number of carbonyl (C=O) groups excluding carboxylic acids is 1. The van der Waals surface area contributed by atoms with Crippen LogP contribution in [0.25, 0.3) is 17.2 Å². The molecule has 1 amide bonds. The van der Waals surface area contributed by atoms with E-state index in [0.29, 0.717) is 31.9 Å². The Labute approximate surface area is 188 Å². The molecule has 0 bridgehead atoms. The number of nitrogens with one attached hydrogen (secondary N) is 1. The van der Waals surface area contributed by atoms with Crippen LogP contribution in [-0.2, 0) is 11.8 Å². The van der Waals surface area contributed by atoms with Gasteiger partial charge in [-0.15, -0.1) is 0 Å². The number of hydrogen-bond donors (Lipinski definition) is 1. The van der Waals surface area contributed by atoms with Crippen molar-refractivity contribution in [3.8, 4) is 17.2 Å². The van der Waals surface area contributed by atoms with E-state index in [1.165, 1.54) is 7.05 Å². The van der Waals surface area contributed by atoms with Gasteiger partial charge < -0.3 is 14.6 Å². The number of carbonyl (C=O) groups is 1. The Balaban J connectivity index is 1.56. The van der Waals surface area contributed by atoms with Crippen LogP contribution in [0.2, 0.25) is 0 Å². The van der Waals surface area contributed by atoms with Crippen LogP contribution in [0.3, 0.4) is 0 Å². The van der Waals surface area contributed by atoms with Gasteiger partial charge in [0.25, 0.3) is 5.56 Å². The molecular formula is C21H25N7O5. The topological polar surface area (TPSA) is 137 Å². The lowest BCUT2D eigenvalue weighted by atomic mass is 10.2. The smallest absolute Gasteiger partial charge is 0.351 e. The summed E-state index contributed by atoms with van der Waals surface area (Å²) < 4.78 is 12.4. The number of morpholine rings is 1. The van der Waals surface area contributed by atoms with E-state index in [1.807, 2.05) is 6.92 Å². The molecule has 1 saturated heterocycles. The van der Waals surface area contributed by atoms with E-state index in [2.05, 4.69) is 25.5 Å². The second-order valence-corrected chi connectivity index (χ2v) is 7.66. The molecule has 0 unspecified atom stereocenters. The zero-order valence-corrected chi connectivity index (χ0v) is 18.4. The lowest BCUT2D eigenvalue weighted by molar-refractivity contribution is 0.0330. The van der Waals surface area contributed by atoms with Crippen LogP contribution in [-0.4, -0.2) is 74.2 Å². The molecular weight excluding hydrogens is 430 g/mol. The predicted octanol–water partition coefficient (Wildman–Crippen LogP) is -0.178. The number of aromatic nitrogens is 5. The van der Waals surface area contributed by atoms with Gasteiger partial charge in [-0.3, -0.25) is 19.1 Å². The molecule has 4 rings (SSSR count). The number of amides is 1. The van der Waals surface area contributed by atoms with Crippen molar-refractivity contribution in [2.75, 3.05) is 32.8 Å². The largest absolute Gasteiger partial charge is 0.379 e. The number of rotatable bonds is 7. The first-order valence-electron chi connectivity index (χ1n) is 10.7. The Hall–Kier alpha value is -3.64. The molecule has 0 spiro atoms. The molecule has 1 fully saturated rings. The maximum atomic E-state index is 12.7. The lowest BCUT2D eigenvalue weighted by Crippen LogP contribution is -2.47. The van der Waals surface area contributed by atoms with E-state index >= 15 is 0 Å². The molecule has 1 aliphatic heterocycles. The van der Waals surface area contributed by atoms with Gasteiger partial charge >= 0.3 is 17.5 Å². The molecule has 1 N–H and O–H groups in total. The van der Waals surface area contributed by atoms with Crippen LogP contribution in [0.5, 0.6) is 0 Å². The van der Waals surface area contributed by atoms with E-state index in [9.17, 15) is 14.4 Å². The third-order valence-corrected chi connectivity index (χ3v) is 5.42. The summed E-state index contributed by atoms with van der Waals surface area (Å²) >= 11 is 0. The van der Waals surface area contributed by atoms with Gasteiger partial charge in [0, 0.05) is 32.7 Å². The van der Waals surface area contributed by atoms with Crippen LogP contribution in [0.1, 0.15) is 24.0 Å². The minimum atomic E-state index is -0.696. The summed E-state index contributed by atoms with van der Waals surface area (Å²) in [6.07, 6.45) is 0.716. The van der Waals surface area contributed by atoms with Crippen molar-refractivity contribution < 1.29 is 14.1 Å². The van der Waals surface area contributed by atoms with Gasteiger partial charge in [-0.2, -0.15) is 14.8 Å². The molecule has 1 atom stereocenters. The minimum Gasteiger partial charge on any atom is -0.379 e. The van der Waals surface area contributed by atoms with Crippen molar-refractivity contribution >= 4 is 5.91 Å². The number of ether oxygens (including phenoxy) is 1. The first kappa shape index (κ1) is 22.6. The van der Waals surface area contributed by atoms with Crippen molar-refractivity contribution in [3.05, 3.63) is 57.1 Å². The molecule has 1 aliphatic rings. The number of hydrogen-bond acceptors (Lipinski definition) is 9. The quantitative estimate of drug-likeness (QED) is 0.514. The fourth-order valence-corrected chi connectivity index (χ4v) is 3.48. The van der Waals surface area contributed by atoms with Crippen LogP contribution in [0.15, 0.2) is 44.4 Å². The van der Waals surface area contributed by atoms with Crippen LogP contribution in [0.4, 0.5) is 0 Å². The average molecular weight is 455 g/mol. The Morgan fingerprint density at radius 2 is 1.91 bits per heavy atom. The van der Waals surface area contributed by atoms with E-state index in [1.54, 1.807) is 30.3 Å². The standard InChI is InChI=1S/C21H25N7O5/c1-3-14(13-27-9-11-32-12-10-27)22-18(29)19-23-17(25-33-19)16-20(30)26(2)21(31)28(24-16)15-7-5-4-6-8-15/h4-8,14H,3,9-13H2,1-2H3,(H,22,29)/t14-/m0/s1. The molecule has 0 saturated carbocycles. The average Bonchev–Trinajstić information content (AvgIpc) is 3.34. The van der Waals surface area contributed by atoms with Crippen molar-refractivity contribution in [3.63, 3.8) is 0 Å². The fourth-order valence-electron chi connectivity index (χ4n) is 3.48. The molecule has 12 heteroatoms. The summed E-state index contributed by atoms with van der Waals surface area (Å²) in [4.78, 5) is 44.1. The molecule has 1 aromatic carbocycles. The summed E-state index contributed by atoms with van der Waals surface area (Å²) in [5.41, 5.74) is -1.05. The summed E-state index contributed by atoms with van der Waals surface area (Å²) in [5, 5.41) is 10.8. The molecule has 3 aromatic rings. The summed E-state index contributed by atoms with van der Waals surface area (Å²) in [6.45, 7) is 5.61. The van der Waals surface area contributed by atoms with Crippen LogP contribution >= 0.6 is 0 Å². The monoisotopic (exact) mass is 455 g/mol. The molecule has 0 aliphatic carbocycles. The molecule has 3 heterocycles. The van der Waals surface area contributed by atoms with E-state index in [4.69, 9.17) is 9.26 Å². The SMILES string of the molecule is CC[C@@H](CN1CCOCC1)NC(=O)c1nc(-c2nn(-c3ccccc3)c(=O)n(C)c2=O)no1. The number of nitrogens with zero attached hydrogens (tertiary/aromatic N) is 6. The molecule has 33 heavy (non-hydrogen) atoms. The normalized spacial score (nSPS) is 15.3. The Morgan fingerprint density at radius 1 is 1.18 bits per heavy atom. The second kappa shape index (κ2) is 9.88. The highest BCUT2D eigenvalue weighted by Crippen LogP contribution is 2.10. The van der Waals surface area contributed by atoms with Gasteiger partial charge in [-0.1, -0.05) is 30.3 Å². The summed E-state index contributed by atoms with van der Waals surface area (Å²) in [7, 11) is 1.33. The van der Waals surface area contributed by atoms with Crippen molar-refractivity contribution in [2.45, 2.75) is 19.4 Å².